The molecule has 1 unspecified atom stereocenters. The molecule has 2 rings (SSSR count). The van der Waals surface area contributed by atoms with E-state index in [0.29, 0.717) is 6.04 Å². The van der Waals surface area contributed by atoms with Crippen LogP contribution in [0.5, 0.6) is 5.75 Å². The monoisotopic (exact) mass is 237 g/mol. The molecule has 17 heavy (non-hydrogen) atoms. The van der Waals surface area contributed by atoms with Crippen molar-refractivity contribution in [1.82, 2.24) is 15.1 Å². The molecule has 1 atom stereocenters. The van der Waals surface area contributed by atoms with E-state index in [4.69, 9.17) is 4.74 Å². The van der Waals surface area contributed by atoms with Crippen molar-refractivity contribution in [3.63, 3.8) is 0 Å². The van der Waals surface area contributed by atoms with Gasteiger partial charge in [-0.2, -0.15) is 5.10 Å². The lowest BCUT2D eigenvalue weighted by atomic mass is 9.89. The first-order valence-electron chi connectivity index (χ1n) is 6.51. The first-order valence-corrected chi connectivity index (χ1v) is 6.51. The van der Waals surface area contributed by atoms with Crippen LogP contribution in [0.2, 0.25) is 0 Å². The second kappa shape index (κ2) is 4.69. The molecule has 4 heteroatoms. The summed E-state index contributed by atoms with van der Waals surface area (Å²) in [6.45, 7) is 7.64. The molecule has 0 saturated carbocycles. The summed E-state index contributed by atoms with van der Waals surface area (Å²) in [5, 5.41) is 8.13. The van der Waals surface area contributed by atoms with Gasteiger partial charge >= 0.3 is 0 Å². The van der Waals surface area contributed by atoms with E-state index in [1.165, 1.54) is 12.1 Å². The van der Waals surface area contributed by atoms with E-state index in [1.54, 1.807) is 7.11 Å². The third kappa shape index (κ3) is 1.95. The molecule has 96 valence electrons. The van der Waals surface area contributed by atoms with Crippen LogP contribution in [0.25, 0.3) is 0 Å². The van der Waals surface area contributed by atoms with E-state index in [0.717, 1.165) is 25.1 Å². The maximum absolute atomic E-state index is 5.49. The van der Waals surface area contributed by atoms with Gasteiger partial charge in [0.1, 0.15) is 5.69 Å². The molecule has 1 aromatic rings. The van der Waals surface area contributed by atoms with E-state index in [-0.39, 0.29) is 5.54 Å². The molecule has 1 fully saturated rings. The Kier molecular flexibility index (Phi) is 3.43. The zero-order chi connectivity index (χ0) is 12.5. The van der Waals surface area contributed by atoms with Gasteiger partial charge in [-0.05, 0) is 39.7 Å². The zero-order valence-corrected chi connectivity index (χ0v) is 11.3. The summed E-state index contributed by atoms with van der Waals surface area (Å²) in [5.74, 6) is 0.912. The van der Waals surface area contributed by atoms with Gasteiger partial charge < -0.3 is 10.1 Å². The number of nitrogens with zero attached hydrogens (tertiary/aromatic N) is 2. The predicted molar refractivity (Wildman–Crippen MR) is 68.4 cm³/mol. The first kappa shape index (κ1) is 12.4. The summed E-state index contributed by atoms with van der Waals surface area (Å²) in [6, 6.07) is 0.361. The Bertz CT molecular complexity index is 378. The third-order valence-corrected chi connectivity index (χ3v) is 3.77. The van der Waals surface area contributed by atoms with Gasteiger partial charge in [0.05, 0.1) is 18.8 Å². The largest absolute Gasteiger partial charge is 0.493 e. The fourth-order valence-electron chi connectivity index (χ4n) is 2.82. The lowest BCUT2D eigenvalue weighted by Gasteiger charge is -2.30. The van der Waals surface area contributed by atoms with Crippen LogP contribution in [0, 0.1) is 0 Å². The minimum absolute atomic E-state index is 0.0477. The topological polar surface area (TPSA) is 39.1 Å². The summed E-state index contributed by atoms with van der Waals surface area (Å²) in [5.41, 5.74) is 1.27. The van der Waals surface area contributed by atoms with Gasteiger partial charge in [0.15, 0.2) is 5.75 Å². The van der Waals surface area contributed by atoms with Crippen molar-refractivity contribution in [2.24, 2.45) is 0 Å². The Morgan fingerprint density at radius 1 is 1.59 bits per heavy atom. The van der Waals surface area contributed by atoms with Crippen LogP contribution in [0.1, 0.15) is 51.8 Å². The Morgan fingerprint density at radius 3 is 2.82 bits per heavy atom. The lowest BCUT2D eigenvalue weighted by molar-refractivity contribution is 0.308. The highest BCUT2D eigenvalue weighted by Crippen LogP contribution is 2.40. The normalized spacial score (nSPS) is 24.5. The molecule has 2 heterocycles. The van der Waals surface area contributed by atoms with Gasteiger partial charge in [0, 0.05) is 6.04 Å². The van der Waals surface area contributed by atoms with Gasteiger partial charge in [0.2, 0.25) is 0 Å². The average molecular weight is 237 g/mol. The maximum Gasteiger partial charge on any atom is 0.161 e. The van der Waals surface area contributed by atoms with Gasteiger partial charge in [0.25, 0.3) is 0 Å². The molecule has 0 amide bonds. The van der Waals surface area contributed by atoms with Crippen molar-refractivity contribution in [1.29, 1.82) is 0 Å². The van der Waals surface area contributed by atoms with E-state index >= 15 is 0 Å². The zero-order valence-electron chi connectivity index (χ0n) is 11.3. The van der Waals surface area contributed by atoms with Gasteiger partial charge in [-0.25, -0.2) is 0 Å². The number of ether oxygens (including phenoxy) is 1. The molecule has 0 bridgehead atoms. The summed E-state index contributed by atoms with van der Waals surface area (Å²) < 4.78 is 7.59. The molecular formula is C13H23N3O. The summed E-state index contributed by atoms with van der Waals surface area (Å²) in [6.07, 6.45) is 5.30. The number of rotatable bonds is 4. The van der Waals surface area contributed by atoms with Crippen molar-refractivity contribution >= 4 is 0 Å². The van der Waals surface area contributed by atoms with Gasteiger partial charge in [-0.3, -0.25) is 4.68 Å². The van der Waals surface area contributed by atoms with Gasteiger partial charge in [-0.1, -0.05) is 6.92 Å². The highest BCUT2D eigenvalue weighted by Gasteiger charge is 2.39. The Balaban J connectivity index is 2.50. The quantitative estimate of drug-likeness (QED) is 0.874. The summed E-state index contributed by atoms with van der Waals surface area (Å²) in [7, 11) is 1.73. The van der Waals surface area contributed by atoms with Crippen molar-refractivity contribution < 1.29 is 4.74 Å². The molecule has 1 aliphatic rings. The number of hydrogen-bond acceptors (Lipinski definition) is 3. The molecule has 1 N–H and O–H groups in total. The summed E-state index contributed by atoms with van der Waals surface area (Å²) >= 11 is 0. The van der Waals surface area contributed by atoms with Crippen molar-refractivity contribution in [2.45, 2.75) is 51.6 Å². The van der Waals surface area contributed by atoms with E-state index in [2.05, 4.69) is 35.9 Å². The Hall–Kier alpha value is -1.03. The standard InChI is InChI=1S/C13H23N3O/c1-5-13(7-6-8-14-13)12-11(17-4)9-15-16(12)10(2)3/h9-10,14H,5-8H2,1-4H3. The molecule has 0 aliphatic carbocycles. The Labute approximate surface area is 103 Å². The van der Waals surface area contributed by atoms with Gasteiger partial charge in [-0.15, -0.1) is 0 Å². The molecule has 4 nitrogen and oxygen atoms in total. The van der Waals surface area contributed by atoms with Crippen LogP contribution in [-0.2, 0) is 5.54 Å². The minimum Gasteiger partial charge on any atom is -0.493 e. The number of methoxy groups -OCH3 is 1. The number of hydrogen-bond donors (Lipinski definition) is 1. The fraction of sp³-hybridized carbons (Fsp3) is 0.769. The average Bonchev–Trinajstić information content (AvgIpc) is 2.95. The SMILES string of the molecule is CCC1(c2c(OC)cnn2C(C)C)CCCN1. The van der Waals surface area contributed by atoms with Crippen LogP contribution in [0.15, 0.2) is 6.20 Å². The second-order valence-corrected chi connectivity index (χ2v) is 5.07. The van der Waals surface area contributed by atoms with Crippen LogP contribution in [-0.4, -0.2) is 23.4 Å². The van der Waals surface area contributed by atoms with E-state index in [1.807, 2.05) is 6.20 Å². The van der Waals surface area contributed by atoms with Crippen molar-refractivity contribution in [3.8, 4) is 5.75 Å². The fourth-order valence-corrected chi connectivity index (χ4v) is 2.82. The van der Waals surface area contributed by atoms with Crippen LogP contribution in [0.4, 0.5) is 0 Å². The maximum atomic E-state index is 5.49. The van der Waals surface area contributed by atoms with Crippen molar-refractivity contribution in [2.75, 3.05) is 13.7 Å². The smallest absolute Gasteiger partial charge is 0.161 e. The molecule has 1 aliphatic heterocycles. The van der Waals surface area contributed by atoms with Crippen molar-refractivity contribution in [3.05, 3.63) is 11.9 Å². The molecule has 1 aromatic heterocycles. The summed E-state index contributed by atoms with van der Waals surface area (Å²) in [4.78, 5) is 0. The minimum atomic E-state index is 0.0477. The molecule has 0 aromatic carbocycles. The number of aromatic nitrogens is 2. The lowest BCUT2D eigenvalue weighted by Crippen LogP contribution is -2.39. The van der Waals surface area contributed by atoms with Crippen LogP contribution in [0.3, 0.4) is 0 Å². The predicted octanol–water partition coefficient (Wildman–Crippen LogP) is 2.46. The Morgan fingerprint density at radius 2 is 2.35 bits per heavy atom. The molecule has 0 spiro atoms. The van der Waals surface area contributed by atoms with E-state index < -0.39 is 0 Å². The number of nitrogens with one attached hydrogen (secondary N) is 1. The first-order chi connectivity index (χ1) is 8.14. The highest BCUT2D eigenvalue weighted by atomic mass is 16.5. The van der Waals surface area contributed by atoms with Crippen LogP contribution >= 0.6 is 0 Å². The highest BCUT2D eigenvalue weighted by molar-refractivity contribution is 5.33. The molecular weight excluding hydrogens is 214 g/mol. The third-order valence-electron chi connectivity index (χ3n) is 3.77. The molecule has 0 radical (unpaired) electrons. The van der Waals surface area contributed by atoms with Crippen LogP contribution < -0.4 is 10.1 Å². The second-order valence-electron chi connectivity index (χ2n) is 5.07. The molecule has 1 saturated heterocycles. The van der Waals surface area contributed by atoms with E-state index in [9.17, 15) is 0 Å².